The third-order valence-electron chi connectivity index (χ3n) is 3.39. The zero-order valence-electron chi connectivity index (χ0n) is 11.2. The molecule has 1 amide bonds. The normalized spacial score (nSPS) is 21.2. The first-order chi connectivity index (χ1) is 8.99. The molecule has 1 saturated carbocycles. The summed E-state index contributed by atoms with van der Waals surface area (Å²) in [6.07, 6.45) is 1.26. The lowest BCUT2D eigenvalue weighted by molar-refractivity contribution is -0.140. The maximum atomic E-state index is 11.6. The van der Waals surface area contributed by atoms with Crippen molar-refractivity contribution < 1.29 is 14.7 Å². The molecule has 2 rings (SSSR count). The van der Waals surface area contributed by atoms with Crippen LogP contribution in [0.4, 0.5) is 0 Å². The minimum Gasteiger partial charge on any atom is -0.481 e. The van der Waals surface area contributed by atoms with Crippen LogP contribution in [-0.4, -0.2) is 33.3 Å². The number of carbonyl (C=O) groups excluding carboxylic acids is 1. The largest absolute Gasteiger partial charge is 0.481 e. The fraction of sp³-hybridized carbons (Fsp3) is 0.615. The Labute approximate surface area is 111 Å². The number of nitrogens with one attached hydrogen (secondary N) is 1. The van der Waals surface area contributed by atoms with Gasteiger partial charge in [0.2, 0.25) is 5.91 Å². The summed E-state index contributed by atoms with van der Waals surface area (Å²) in [5.41, 5.74) is 2.10. The molecule has 2 atom stereocenters. The topological polar surface area (TPSA) is 84.2 Å². The molecule has 0 saturated heterocycles. The molecule has 1 aromatic heterocycles. The first-order valence-electron chi connectivity index (χ1n) is 6.50. The number of amides is 1. The monoisotopic (exact) mass is 265 g/mol. The summed E-state index contributed by atoms with van der Waals surface area (Å²) in [5, 5.41) is 15.9. The van der Waals surface area contributed by atoms with E-state index in [9.17, 15) is 9.59 Å². The average Bonchev–Trinajstić information content (AvgIpc) is 3.07. The van der Waals surface area contributed by atoms with Gasteiger partial charge in [0.05, 0.1) is 17.5 Å². The number of carbonyl (C=O) groups is 2. The number of hydrogen-bond donors (Lipinski definition) is 2. The highest BCUT2D eigenvalue weighted by Crippen LogP contribution is 2.38. The number of aryl methyl sites for hydroxylation is 3. The van der Waals surface area contributed by atoms with Crippen LogP contribution in [0.3, 0.4) is 0 Å². The van der Waals surface area contributed by atoms with Gasteiger partial charge in [0, 0.05) is 18.8 Å². The van der Waals surface area contributed by atoms with Gasteiger partial charge in [-0.05, 0) is 32.8 Å². The van der Waals surface area contributed by atoms with Crippen LogP contribution in [0.25, 0.3) is 0 Å². The van der Waals surface area contributed by atoms with Gasteiger partial charge >= 0.3 is 5.97 Å². The van der Waals surface area contributed by atoms with Gasteiger partial charge in [-0.1, -0.05) is 0 Å². The summed E-state index contributed by atoms with van der Waals surface area (Å²) in [4.78, 5) is 22.2. The lowest BCUT2D eigenvalue weighted by Gasteiger charge is -2.06. The van der Waals surface area contributed by atoms with Gasteiger partial charge in [-0.3, -0.25) is 14.3 Å². The third kappa shape index (κ3) is 3.33. The van der Waals surface area contributed by atoms with Crippen LogP contribution in [0.15, 0.2) is 6.07 Å². The van der Waals surface area contributed by atoms with Gasteiger partial charge in [0.1, 0.15) is 0 Å². The van der Waals surface area contributed by atoms with Crippen molar-refractivity contribution in [2.75, 3.05) is 6.54 Å². The van der Waals surface area contributed by atoms with Crippen molar-refractivity contribution in [3.63, 3.8) is 0 Å². The molecule has 1 aliphatic rings. The van der Waals surface area contributed by atoms with Crippen molar-refractivity contribution in [1.82, 2.24) is 15.1 Å². The molecule has 1 aliphatic carbocycles. The van der Waals surface area contributed by atoms with Crippen molar-refractivity contribution >= 4 is 11.9 Å². The van der Waals surface area contributed by atoms with Crippen molar-refractivity contribution in [1.29, 1.82) is 0 Å². The van der Waals surface area contributed by atoms with Gasteiger partial charge < -0.3 is 10.4 Å². The van der Waals surface area contributed by atoms with Crippen LogP contribution in [0.2, 0.25) is 0 Å². The van der Waals surface area contributed by atoms with Crippen molar-refractivity contribution in [2.24, 2.45) is 11.8 Å². The van der Waals surface area contributed by atoms with Crippen molar-refractivity contribution in [2.45, 2.75) is 33.2 Å². The molecule has 0 unspecified atom stereocenters. The quantitative estimate of drug-likeness (QED) is 0.743. The Balaban J connectivity index is 1.66. The maximum absolute atomic E-state index is 11.6. The van der Waals surface area contributed by atoms with Crippen LogP contribution >= 0.6 is 0 Å². The van der Waals surface area contributed by atoms with E-state index in [4.69, 9.17) is 5.11 Å². The average molecular weight is 265 g/mol. The number of carboxylic acid groups (broad SMARTS) is 1. The Morgan fingerprint density at radius 2 is 2.21 bits per heavy atom. The fourth-order valence-corrected chi connectivity index (χ4v) is 2.23. The molecule has 1 aromatic rings. The highest BCUT2D eigenvalue weighted by Gasteiger charge is 2.48. The minimum atomic E-state index is -0.872. The van der Waals surface area contributed by atoms with E-state index < -0.39 is 11.9 Å². The van der Waals surface area contributed by atoms with Crippen LogP contribution in [0.1, 0.15) is 24.2 Å². The van der Waals surface area contributed by atoms with Gasteiger partial charge in [-0.2, -0.15) is 5.10 Å². The molecule has 0 spiro atoms. The molecule has 1 fully saturated rings. The molecular formula is C13H19N3O3. The number of aliphatic carboxylic acids is 1. The molecule has 0 aromatic carbocycles. The van der Waals surface area contributed by atoms with E-state index in [0.29, 0.717) is 13.0 Å². The minimum absolute atomic E-state index is 0.138. The van der Waals surface area contributed by atoms with Crippen LogP contribution in [0, 0.1) is 25.7 Å². The van der Waals surface area contributed by atoms with E-state index in [1.165, 1.54) is 0 Å². The van der Waals surface area contributed by atoms with E-state index in [-0.39, 0.29) is 11.8 Å². The predicted molar refractivity (Wildman–Crippen MR) is 68.6 cm³/mol. The van der Waals surface area contributed by atoms with Gasteiger partial charge in [0.25, 0.3) is 0 Å². The summed E-state index contributed by atoms with van der Waals surface area (Å²) < 4.78 is 1.92. The molecule has 2 N–H and O–H groups in total. The summed E-state index contributed by atoms with van der Waals surface area (Å²) >= 11 is 0. The number of nitrogens with zero attached hydrogens (tertiary/aromatic N) is 2. The van der Waals surface area contributed by atoms with Crippen LogP contribution in [-0.2, 0) is 16.1 Å². The second-order valence-electron chi connectivity index (χ2n) is 5.08. The molecular weight excluding hydrogens is 246 g/mol. The highest BCUT2D eigenvalue weighted by atomic mass is 16.4. The number of hydrogen-bond acceptors (Lipinski definition) is 3. The Morgan fingerprint density at radius 1 is 1.47 bits per heavy atom. The lowest BCUT2D eigenvalue weighted by Crippen LogP contribution is -2.28. The highest BCUT2D eigenvalue weighted by molar-refractivity contribution is 5.89. The predicted octanol–water partition coefficient (Wildman–Crippen LogP) is 0.727. The SMILES string of the molecule is Cc1cc(C)n(CCCNC(=O)[C@@H]2C[C@@H]2C(=O)O)n1. The fourth-order valence-electron chi connectivity index (χ4n) is 2.23. The summed E-state index contributed by atoms with van der Waals surface area (Å²) in [7, 11) is 0. The number of carboxylic acids is 1. The summed E-state index contributed by atoms with van der Waals surface area (Å²) in [5.74, 6) is -1.81. The Hall–Kier alpha value is -1.85. The van der Waals surface area contributed by atoms with E-state index in [0.717, 1.165) is 24.4 Å². The van der Waals surface area contributed by atoms with E-state index in [1.54, 1.807) is 0 Å². The van der Waals surface area contributed by atoms with E-state index in [1.807, 2.05) is 24.6 Å². The lowest BCUT2D eigenvalue weighted by atomic mass is 10.3. The summed E-state index contributed by atoms with van der Waals surface area (Å²) in [6, 6.07) is 2.01. The molecule has 6 heteroatoms. The number of aromatic nitrogens is 2. The molecule has 0 bridgehead atoms. The Morgan fingerprint density at radius 3 is 2.74 bits per heavy atom. The molecule has 6 nitrogen and oxygen atoms in total. The zero-order chi connectivity index (χ0) is 14.0. The maximum Gasteiger partial charge on any atom is 0.307 e. The second kappa shape index (κ2) is 5.42. The smallest absolute Gasteiger partial charge is 0.307 e. The molecule has 0 aliphatic heterocycles. The molecule has 19 heavy (non-hydrogen) atoms. The zero-order valence-corrected chi connectivity index (χ0v) is 11.2. The van der Waals surface area contributed by atoms with E-state index in [2.05, 4.69) is 10.4 Å². The van der Waals surface area contributed by atoms with Gasteiger partial charge in [-0.25, -0.2) is 0 Å². The Bertz CT molecular complexity index is 495. The van der Waals surface area contributed by atoms with Crippen molar-refractivity contribution in [3.8, 4) is 0 Å². The van der Waals surface area contributed by atoms with Crippen LogP contribution in [0.5, 0.6) is 0 Å². The first kappa shape index (κ1) is 13.6. The summed E-state index contributed by atoms with van der Waals surface area (Å²) in [6.45, 7) is 5.26. The van der Waals surface area contributed by atoms with Crippen LogP contribution < -0.4 is 5.32 Å². The van der Waals surface area contributed by atoms with Crippen molar-refractivity contribution in [3.05, 3.63) is 17.5 Å². The second-order valence-corrected chi connectivity index (χ2v) is 5.08. The first-order valence-corrected chi connectivity index (χ1v) is 6.50. The van der Waals surface area contributed by atoms with Gasteiger partial charge in [-0.15, -0.1) is 0 Å². The van der Waals surface area contributed by atoms with Gasteiger partial charge in [0.15, 0.2) is 0 Å². The molecule has 0 radical (unpaired) electrons. The molecule has 1 heterocycles. The standard InChI is InChI=1S/C13H19N3O3/c1-8-6-9(2)16(15-8)5-3-4-14-12(17)10-7-11(10)13(18)19/h6,10-11H,3-5,7H2,1-2H3,(H,14,17)(H,18,19)/t10-,11+/m1/s1. The molecule has 104 valence electrons. The number of rotatable bonds is 6. The Kier molecular flexibility index (Phi) is 3.87. The third-order valence-corrected chi connectivity index (χ3v) is 3.39. The van der Waals surface area contributed by atoms with E-state index >= 15 is 0 Å².